The summed E-state index contributed by atoms with van der Waals surface area (Å²) in [6.07, 6.45) is 4.45. The number of urea groups is 1. The number of amides is 2. The number of rotatable bonds is 9. The van der Waals surface area contributed by atoms with E-state index in [0.29, 0.717) is 29.6 Å². The van der Waals surface area contributed by atoms with Crippen LogP contribution in [0.3, 0.4) is 0 Å². The number of aromatic nitrogens is 1. The normalized spacial score (nSPS) is 14.2. The molecule has 1 aliphatic heterocycles. The Morgan fingerprint density at radius 1 is 1.00 bits per heavy atom. The van der Waals surface area contributed by atoms with Crippen molar-refractivity contribution in [1.29, 1.82) is 0 Å². The number of pyridine rings is 1. The lowest BCUT2D eigenvalue weighted by Gasteiger charge is -2.38. The van der Waals surface area contributed by atoms with Crippen LogP contribution in [0.15, 0.2) is 96.0 Å². The summed E-state index contributed by atoms with van der Waals surface area (Å²) in [7, 11) is -1.93. The number of nitrogens with zero attached hydrogens (tertiary/aromatic N) is 3. The van der Waals surface area contributed by atoms with Crippen molar-refractivity contribution in [2.24, 2.45) is 0 Å². The Hall–Kier alpha value is -4.48. The monoisotopic (exact) mass is 604 g/mol. The molecule has 1 saturated heterocycles. The van der Waals surface area contributed by atoms with Gasteiger partial charge in [-0.25, -0.2) is 22.6 Å². The maximum atomic E-state index is 13.4. The zero-order valence-corrected chi connectivity index (χ0v) is 24.8. The van der Waals surface area contributed by atoms with E-state index in [9.17, 15) is 17.6 Å². The van der Waals surface area contributed by atoms with Crippen molar-refractivity contribution in [2.45, 2.75) is 30.3 Å². The number of carbonyl (C=O) groups excluding carboxylic acids is 1. The summed E-state index contributed by atoms with van der Waals surface area (Å²) in [5, 5.41) is 2.91. The third-order valence-corrected chi connectivity index (χ3v) is 8.36. The van der Waals surface area contributed by atoms with Gasteiger partial charge in [-0.1, -0.05) is 24.3 Å². The van der Waals surface area contributed by atoms with Crippen LogP contribution in [-0.4, -0.2) is 56.8 Å². The summed E-state index contributed by atoms with van der Waals surface area (Å²) in [5.74, 6) is 0.666. The van der Waals surface area contributed by atoms with Crippen LogP contribution in [0.1, 0.15) is 18.4 Å². The van der Waals surface area contributed by atoms with Gasteiger partial charge in [0.1, 0.15) is 5.82 Å². The minimum Gasteiger partial charge on any atom is -0.493 e. The van der Waals surface area contributed by atoms with E-state index < -0.39 is 9.84 Å². The Kier molecular flexibility index (Phi) is 9.22. The molecule has 224 valence electrons. The molecule has 11 heteroatoms. The zero-order chi connectivity index (χ0) is 30.4. The molecule has 2 heterocycles. The summed E-state index contributed by atoms with van der Waals surface area (Å²) in [6.45, 7) is 2.28. The third kappa shape index (κ3) is 7.68. The van der Waals surface area contributed by atoms with Gasteiger partial charge in [-0.15, -0.1) is 0 Å². The van der Waals surface area contributed by atoms with Gasteiger partial charge in [0.15, 0.2) is 21.3 Å². The molecule has 1 fully saturated rings. The van der Waals surface area contributed by atoms with Crippen LogP contribution in [-0.2, 0) is 16.4 Å². The average molecular weight is 605 g/mol. The fourth-order valence-corrected chi connectivity index (χ4v) is 5.67. The zero-order valence-electron chi connectivity index (χ0n) is 23.9. The molecule has 0 unspecified atom stereocenters. The second-order valence-corrected chi connectivity index (χ2v) is 12.4. The Labute approximate surface area is 250 Å². The standard InChI is InChI=1S/C32H33FN4O5S/c1-41-30-20-28(43(2,39)40)13-14-29(30)42-31-15-8-23(21-34-31)22-36-18-16-27(17-19-36)37(26-6-4-3-5-7-26)32(38)35-25-11-9-24(33)10-12-25/h3-15,20-21,27H,16-19,22H2,1-2H3,(H,35,38). The Morgan fingerprint density at radius 3 is 2.35 bits per heavy atom. The molecular weight excluding hydrogens is 571 g/mol. The first-order chi connectivity index (χ1) is 20.7. The Balaban J connectivity index is 1.20. The molecule has 0 atom stereocenters. The minimum atomic E-state index is -3.38. The van der Waals surface area contributed by atoms with E-state index in [4.69, 9.17) is 9.47 Å². The smallest absolute Gasteiger partial charge is 0.326 e. The number of anilines is 2. The van der Waals surface area contributed by atoms with Crippen LogP contribution in [0.25, 0.3) is 0 Å². The summed E-state index contributed by atoms with van der Waals surface area (Å²) < 4.78 is 48.2. The number of likely N-dealkylation sites (tertiary alicyclic amines) is 1. The van der Waals surface area contributed by atoms with Crippen LogP contribution in [0.5, 0.6) is 17.4 Å². The maximum Gasteiger partial charge on any atom is 0.326 e. The molecule has 1 N–H and O–H groups in total. The summed E-state index contributed by atoms with van der Waals surface area (Å²) in [6, 6.07) is 23.2. The van der Waals surface area contributed by atoms with E-state index in [1.54, 1.807) is 35.4 Å². The SMILES string of the molecule is COc1cc(S(C)(=O)=O)ccc1Oc1ccc(CN2CCC(N(C(=O)Nc3ccc(F)cc3)c3ccccc3)CC2)cn1. The quantitative estimate of drug-likeness (QED) is 0.245. The van der Waals surface area contributed by atoms with Crippen molar-refractivity contribution >= 4 is 27.2 Å². The predicted molar refractivity (Wildman–Crippen MR) is 163 cm³/mol. The van der Waals surface area contributed by atoms with Crippen LogP contribution in [0.2, 0.25) is 0 Å². The van der Waals surface area contributed by atoms with Crippen LogP contribution in [0.4, 0.5) is 20.6 Å². The first kappa shape index (κ1) is 30.0. The van der Waals surface area contributed by atoms with E-state index in [1.807, 2.05) is 36.4 Å². The van der Waals surface area contributed by atoms with Crippen molar-refractivity contribution in [3.05, 3.63) is 103 Å². The fraction of sp³-hybridized carbons (Fsp3) is 0.250. The minimum absolute atomic E-state index is 0.00272. The van der Waals surface area contributed by atoms with Gasteiger partial charge in [0.05, 0.1) is 12.0 Å². The molecule has 9 nitrogen and oxygen atoms in total. The molecular formula is C32H33FN4O5S. The van der Waals surface area contributed by atoms with Gasteiger partial charge in [-0.05, 0) is 66.9 Å². The second kappa shape index (κ2) is 13.2. The number of methoxy groups -OCH3 is 1. The maximum absolute atomic E-state index is 13.4. The average Bonchev–Trinajstić information content (AvgIpc) is 3.00. The predicted octanol–water partition coefficient (Wildman–Crippen LogP) is 6.13. The Bertz CT molecular complexity index is 1640. The van der Waals surface area contributed by atoms with Gasteiger partial charge in [0.25, 0.3) is 0 Å². The molecule has 0 saturated carbocycles. The van der Waals surface area contributed by atoms with Gasteiger partial charge in [-0.2, -0.15) is 0 Å². The summed E-state index contributed by atoms with van der Waals surface area (Å²) in [4.78, 5) is 22.1. The van der Waals surface area contributed by atoms with Crippen LogP contribution >= 0.6 is 0 Å². The number of piperidine rings is 1. The highest BCUT2D eigenvalue weighted by Crippen LogP contribution is 2.33. The number of nitrogens with one attached hydrogen (secondary N) is 1. The number of benzene rings is 3. The largest absolute Gasteiger partial charge is 0.493 e. The molecule has 0 radical (unpaired) electrons. The lowest BCUT2D eigenvalue weighted by Crippen LogP contribution is -2.49. The molecule has 5 rings (SSSR count). The van der Waals surface area contributed by atoms with E-state index in [1.165, 1.54) is 31.4 Å². The highest BCUT2D eigenvalue weighted by atomic mass is 32.2. The van der Waals surface area contributed by atoms with Gasteiger partial charge < -0.3 is 14.8 Å². The number of sulfone groups is 1. The van der Waals surface area contributed by atoms with Crippen LogP contribution < -0.4 is 19.7 Å². The highest BCUT2D eigenvalue weighted by molar-refractivity contribution is 7.90. The van der Waals surface area contributed by atoms with Crippen molar-refractivity contribution in [2.75, 3.05) is 36.7 Å². The van der Waals surface area contributed by atoms with Gasteiger partial charge in [0, 0.05) is 61.6 Å². The van der Waals surface area contributed by atoms with Crippen molar-refractivity contribution in [1.82, 2.24) is 9.88 Å². The number of carbonyl (C=O) groups is 1. The molecule has 1 aromatic heterocycles. The van der Waals surface area contributed by atoms with Crippen molar-refractivity contribution in [3.63, 3.8) is 0 Å². The fourth-order valence-electron chi connectivity index (χ4n) is 5.03. The number of hydrogen-bond acceptors (Lipinski definition) is 7. The lowest BCUT2D eigenvalue weighted by molar-refractivity contribution is 0.199. The van der Waals surface area contributed by atoms with Gasteiger partial charge in [0.2, 0.25) is 5.88 Å². The topological polar surface area (TPSA) is 101 Å². The second-order valence-electron chi connectivity index (χ2n) is 10.3. The van der Waals surface area contributed by atoms with E-state index in [2.05, 4.69) is 15.2 Å². The van der Waals surface area contributed by atoms with Gasteiger partial charge >= 0.3 is 6.03 Å². The van der Waals surface area contributed by atoms with Gasteiger partial charge in [-0.3, -0.25) is 9.80 Å². The lowest BCUT2D eigenvalue weighted by atomic mass is 10.0. The molecule has 0 bridgehead atoms. The Morgan fingerprint density at radius 2 is 1.72 bits per heavy atom. The molecule has 1 aliphatic rings. The van der Waals surface area contributed by atoms with Crippen molar-refractivity contribution < 1.29 is 27.1 Å². The summed E-state index contributed by atoms with van der Waals surface area (Å²) >= 11 is 0. The number of hydrogen-bond donors (Lipinski definition) is 1. The van der Waals surface area contributed by atoms with E-state index in [0.717, 1.165) is 43.4 Å². The number of para-hydroxylation sites is 1. The molecule has 2 amide bonds. The first-order valence-electron chi connectivity index (χ1n) is 13.8. The highest BCUT2D eigenvalue weighted by Gasteiger charge is 2.29. The molecule has 0 spiro atoms. The third-order valence-electron chi connectivity index (χ3n) is 7.25. The number of halogens is 1. The summed E-state index contributed by atoms with van der Waals surface area (Å²) in [5.41, 5.74) is 2.36. The van der Waals surface area contributed by atoms with E-state index >= 15 is 0 Å². The molecule has 3 aromatic carbocycles. The molecule has 4 aromatic rings. The first-order valence-corrected chi connectivity index (χ1v) is 15.7. The van der Waals surface area contributed by atoms with Crippen LogP contribution in [0, 0.1) is 5.82 Å². The number of ether oxygens (including phenoxy) is 2. The van der Waals surface area contributed by atoms with Crippen molar-refractivity contribution in [3.8, 4) is 17.4 Å². The van der Waals surface area contributed by atoms with E-state index in [-0.39, 0.29) is 22.8 Å². The molecule has 43 heavy (non-hydrogen) atoms. The molecule has 0 aliphatic carbocycles.